The van der Waals surface area contributed by atoms with Gasteiger partial charge in [0.1, 0.15) is 5.82 Å². The van der Waals surface area contributed by atoms with Crippen molar-refractivity contribution < 1.29 is 4.79 Å². The number of nitrogens with zero attached hydrogens (tertiary/aromatic N) is 3. The summed E-state index contributed by atoms with van der Waals surface area (Å²) in [5.74, 6) is 1.76. The minimum absolute atomic E-state index is 0.0935. The van der Waals surface area contributed by atoms with Crippen LogP contribution in [0, 0.1) is 6.92 Å². The smallest absolute Gasteiger partial charge is 0.237 e. The van der Waals surface area contributed by atoms with E-state index in [9.17, 15) is 4.79 Å². The highest BCUT2D eigenvalue weighted by molar-refractivity contribution is 5.81. The molecule has 0 saturated carbocycles. The molecule has 0 spiro atoms. The number of hydrogen-bond donors (Lipinski definition) is 2. The van der Waals surface area contributed by atoms with Gasteiger partial charge in [0.2, 0.25) is 5.91 Å². The fourth-order valence-corrected chi connectivity index (χ4v) is 4.50. The lowest BCUT2D eigenvalue weighted by molar-refractivity contribution is -0.126. The van der Waals surface area contributed by atoms with Crippen molar-refractivity contribution in [3.8, 4) is 0 Å². The quantitative estimate of drug-likeness (QED) is 0.833. The molecule has 0 bridgehead atoms. The van der Waals surface area contributed by atoms with Gasteiger partial charge in [0, 0.05) is 32.1 Å². The highest BCUT2D eigenvalue weighted by Crippen LogP contribution is 2.31. The fourth-order valence-electron chi connectivity index (χ4n) is 4.50. The molecule has 0 aliphatic carbocycles. The van der Waals surface area contributed by atoms with Gasteiger partial charge in [-0.3, -0.25) is 9.69 Å². The Balaban J connectivity index is 1.32. The van der Waals surface area contributed by atoms with E-state index in [0.717, 1.165) is 57.0 Å². The summed E-state index contributed by atoms with van der Waals surface area (Å²) in [5.41, 5.74) is 3.79. The molecule has 2 aliphatic heterocycles. The van der Waals surface area contributed by atoms with Gasteiger partial charge in [0.15, 0.2) is 0 Å². The van der Waals surface area contributed by atoms with E-state index in [0.29, 0.717) is 12.5 Å². The zero-order valence-electron chi connectivity index (χ0n) is 16.9. The Morgan fingerprint density at radius 1 is 1.25 bits per heavy atom. The van der Waals surface area contributed by atoms with Crippen molar-refractivity contribution in [1.82, 2.24) is 25.1 Å². The lowest BCUT2D eigenvalue weighted by atomic mass is 9.91. The van der Waals surface area contributed by atoms with Crippen molar-refractivity contribution in [1.29, 1.82) is 0 Å². The second kappa shape index (κ2) is 8.45. The molecule has 1 amide bonds. The third-order valence-electron chi connectivity index (χ3n) is 6.25. The van der Waals surface area contributed by atoms with Crippen LogP contribution in [0.4, 0.5) is 0 Å². The fraction of sp³-hybridized carbons (Fsp3) is 0.545. The maximum absolute atomic E-state index is 12.6. The molecule has 1 saturated heterocycles. The Morgan fingerprint density at radius 3 is 2.75 bits per heavy atom. The van der Waals surface area contributed by atoms with Gasteiger partial charge < -0.3 is 15.2 Å². The van der Waals surface area contributed by atoms with Crippen molar-refractivity contribution in [2.75, 3.05) is 19.6 Å². The predicted molar refractivity (Wildman–Crippen MR) is 110 cm³/mol. The average molecular weight is 382 g/mol. The van der Waals surface area contributed by atoms with Crippen LogP contribution >= 0.6 is 0 Å². The molecule has 0 radical (unpaired) electrons. The molecular weight excluding hydrogens is 350 g/mol. The van der Waals surface area contributed by atoms with Gasteiger partial charge in [-0.2, -0.15) is 0 Å². The van der Waals surface area contributed by atoms with E-state index in [-0.39, 0.29) is 11.9 Å². The van der Waals surface area contributed by atoms with Gasteiger partial charge in [-0.25, -0.2) is 4.98 Å². The number of nitrogens with one attached hydrogen (secondary N) is 2. The van der Waals surface area contributed by atoms with Crippen molar-refractivity contribution in [3.63, 3.8) is 0 Å². The topological polar surface area (TPSA) is 62.2 Å². The Morgan fingerprint density at radius 2 is 2.00 bits per heavy atom. The number of carbonyl (C=O) groups excluding carboxylic acids is 1. The summed E-state index contributed by atoms with van der Waals surface area (Å²) < 4.78 is 2.37. The maximum Gasteiger partial charge on any atom is 0.237 e. The van der Waals surface area contributed by atoms with Crippen LogP contribution < -0.4 is 10.6 Å². The molecule has 1 aromatic heterocycles. The first-order valence-corrected chi connectivity index (χ1v) is 10.5. The van der Waals surface area contributed by atoms with Gasteiger partial charge in [-0.1, -0.05) is 30.3 Å². The van der Waals surface area contributed by atoms with Crippen LogP contribution in [0.5, 0.6) is 0 Å². The van der Waals surface area contributed by atoms with Gasteiger partial charge in [-0.15, -0.1) is 0 Å². The van der Waals surface area contributed by atoms with Crippen LogP contribution in [0.3, 0.4) is 0 Å². The number of piperidine rings is 1. The minimum Gasteiger partial charge on any atom is -0.351 e. The Bertz CT molecular complexity index is 808. The van der Waals surface area contributed by atoms with E-state index < -0.39 is 0 Å². The van der Waals surface area contributed by atoms with Crippen LogP contribution in [-0.2, 0) is 24.4 Å². The third kappa shape index (κ3) is 3.98. The molecule has 3 heterocycles. The summed E-state index contributed by atoms with van der Waals surface area (Å²) in [6, 6.07) is 9.98. The molecule has 2 aliphatic rings. The lowest BCUT2D eigenvalue weighted by Gasteiger charge is -2.35. The number of aryl methyl sites for hydroxylation is 1. The number of likely N-dealkylation sites (tertiary alicyclic amines) is 1. The molecule has 6 heteroatoms. The largest absolute Gasteiger partial charge is 0.351 e. The third-order valence-corrected chi connectivity index (χ3v) is 6.25. The second-order valence-corrected chi connectivity index (χ2v) is 8.01. The van der Waals surface area contributed by atoms with E-state index >= 15 is 0 Å². The summed E-state index contributed by atoms with van der Waals surface area (Å²) in [7, 11) is 0. The van der Waals surface area contributed by atoms with E-state index in [1.165, 1.54) is 11.4 Å². The Kier molecular flexibility index (Phi) is 5.78. The molecule has 2 aromatic rings. The molecule has 2 N–H and O–H groups in total. The van der Waals surface area contributed by atoms with Gasteiger partial charge in [0.25, 0.3) is 0 Å². The first-order chi connectivity index (χ1) is 13.6. The van der Waals surface area contributed by atoms with Gasteiger partial charge in [0.05, 0.1) is 17.4 Å². The van der Waals surface area contributed by atoms with Crippen LogP contribution in [0.1, 0.15) is 48.5 Å². The molecule has 28 heavy (non-hydrogen) atoms. The number of fused-ring (bicyclic) bond motifs is 1. The Hall–Kier alpha value is -2.18. The molecule has 150 valence electrons. The van der Waals surface area contributed by atoms with E-state index in [2.05, 4.69) is 27.0 Å². The molecule has 4 rings (SSSR count). The Labute approximate surface area is 167 Å². The van der Waals surface area contributed by atoms with Crippen LogP contribution in [-0.4, -0.2) is 46.0 Å². The highest BCUT2D eigenvalue weighted by Gasteiger charge is 2.30. The average Bonchev–Trinajstić information content (AvgIpc) is 3.09. The van der Waals surface area contributed by atoms with E-state index in [4.69, 9.17) is 4.98 Å². The lowest BCUT2D eigenvalue weighted by Crippen LogP contribution is -2.48. The number of aromatic nitrogens is 2. The zero-order valence-corrected chi connectivity index (χ0v) is 16.9. The van der Waals surface area contributed by atoms with Crippen LogP contribution in [0.25, 0.3) is 0 Å². The molecule has 1 atom stereocenters. The van der Waals surface area contributed by atoms with Crippen molar-refractivity contribution in [2.45, 2.75) is 58.3 Å². The van der Waals surface area contributed by atoms with Crippen molar-refractivity contribution in [2.24, 2.45) is 0 Å². The summed E-state index contributed by atoms with van der Waals surface area (Å²) in [5, 5.41) is 6.56. The molecule has 1 fully saturated rings. The van der Waals surface area contributed by atoms with Crippen LogP contribution in [0.2, 0.25) is 0 Å². The first kappa shape index (κ1) is 19.2. The highest BCUT2D eigenvalue weighted by atomic mass is 16.2. The second-order valence-electron chi connectivity index (χ2n) is 8.01. The maximum atomic E-state index is 12.6. The number of amides is 1. The molecular formula is C22H31N5O. The normalized spacial score (nSPS) is 19.2. The molecule has 1 aromatic carbocycles. The number of benzene rings is 1. The molecule has 6 nitrogen and oxygen atoms in total. The van der Waals surface area contributed by atoms with Gasteiger partial charge >= 0.3 is 0 Å². The SMILES string of the molecule is Cc1nc(C2CCN(C(C)C(=O)NCc3ccccc3)CC2)c2n1CCNC2. The number of rotatable bonds is 5. The van der Waals surface area contributed by atoms with Crippen molar-refractivity contribution in [3.05, 3.63) is 53.1 Å². The first-order valence-electron chi connectivity index (χ1n) is 10.5. The number of hydrogen-bond acceptors (Lipinski definition) is 4. The summed E-state index contributed by atoms with van der Waals surface area (Å²) in [6.45, 7) is 9.60. The van der Waals surface area contributed by atoms with E-state index in [1.54, 1.807) is 0 Å². The number of carbonyl (C=O) groups is 1. The standard InChI is InChI=1S/C22H31N5O/c1-16(22(28)24-14-18-6-4-3-5-7-18)26-11-8-19(9-12-26)21-20-15-23-10-13-27(20)17(2)25-21/h3-7,16,19,23H,8-15H2,1-2H3,(H,24,28). The van der Waals surface area contributed by atoms with Gasteiger partial charge in [-0.05, 0) is 45.3 Å². The summed E-state index contributed by atoms with van der Waals surface area (Å²) in [4.78, 5) is 19.8. The monoisotopic (exact) mass is 381 g/mol. The zero-order chi connectivity index (χ0) is 19.5. The molecule has 1 unspecified atom stereocenters. The number of imidazole rings is 1. The summed E-state index contributed by atoms with van der Waals surface area (Å²) >= 11 is 0. The van der Waals surface area contributed by atoms with Crippen molar-refractivity contribution >= 4 is 5.91 Å². The minimum atomic E-state index is -0.0935. The van der Waals surface area contributed by atoms with Crippen LogP contribution in [0.15, 0.2) is 30.3 Å². The van der Waals surface area contributed by atoms with E-state index in [1.807, 2.05) is 37.3 Å². The summed E-state index contributed by atoms with van der Waals surface area (Å²) in [6.07, 6.45) is 2.14. The predicted octanol–water partition coefficient (Wildman–Crippen LogP) is 2.18.